The summed E-state index contributed by atoms with van der Waals surface area (Å²) in [6.45, 7) is 4.26. The molecule has 0 aromatic carbocycles. The van der Waals surface area contributed by atoms with Crippen LogP contribution in [0.2, 0.25) is 10.0 Å². The largest absolute Gasteiger partial charge is 0.350 e. The van der Waals surface area contributed by atoms with Crippen LogP contribution in [0, 0.1) is 5.82 Å². The lowest BCUT2D eigenvalue weighted by molar-refractivity contribution is 0.492. The van der Waals surface area contributed by atoms with Gasteiger partial charge in [0.15, 0.2) is 17.5 Å². The lowest BCUT2D eigenvalue weighted by Crippen LogP contribution is -2.56. The van der Waals surface area contributed by atoms with Crippen LogP contribution in [-0.4, -0.2) is 70.4 Å². The molecular weight excluding hydrogens is 604 g/mol. The van der Waals surface area contributed by atoms with E-state index in [0.29, 0.717) is 30.8 Å². The summed E-state index contributed by atoms with van der Waals surface area (Å²) in [6.07, 6.45) is 7.99. The first kappa shape index (κ1) is 27.2. The molecule has 1 saturated carbocycles. The fraction of sp³-hybridized carbons (Fsp3) is 0.375. The maximum Gasteiger partial charge on any atom is 0.285 e. The van der Waals surface area contributed by atoms with Crippen LogP contribution in [-0.2, 0) is 20.0 Å². The minimum Gasteiger partial charge on any atom is -0.350 e. The number of pyridine rings is 2. The number of piperazine rings is 1. The minimum absolute atomic E-state index is 0.158. The van der Waals surface area contributed by atoms with Gasteiger partial charge < -0.3 is 9.80 Å². The average Bonchev–Trinajstić information content (AvgIpc) is 3.29. The van der Waals surface area contributed by atoms with Crippen LogP contribution in [0.4, 0.5) is 16.0 Å². The van der Waals surface area contributed by atoms with Gasteiger partial charge in [0.25, 0.3) is 10.0 Å². The standard InChI is InChI=1S/C24H24Cl2FN7O4S2/c1-15(2)39(35,36)32-6-3-17(13-32)40(37,38)34-20-12-28-11-18(26)21(20)23(30-34)33-8-7-31(14-24(33)4-5-24)22-19(27)9-16(25)10-29-22/h3,6,9-13,15H,4-5,7-8,14H2,1-2H3. The van der Waals surface area contributed by atoms with E-state index in [-0.39, 0.29) is 26.3 Å². The van der Waals surface area contributed by atoms with Gasteiger partial charge in [-0.15, -0.1) is 9.19 Å². The first-order valence-corrected chi connectivity index (χ1v) is 16.1. The SMILES string of the molecule is CC(C)S(=O)(=O)n1ccc(S(=O)(=O)n2nc(N3CCN(c4ncc(Cl)cc4F)CC34CC4)c3c(Cl)cncc32)c1. The fourth-order valence-electron chi connectivity index (χ4n) is 5.07. The summed E-state index contributed by atoms with van der Waals surface area (Å²) < 4.78 is 69.1. The minimum atomic E-state index is -4.33. The van der Waals surface area contributed by atoms with E-state index >= 15 is 0 Å². The second-order valence-electron chi connectivity index (χ2n) is 10.2. The first-order chi connectivity index (χ1) is 18.8. The Morgan fingerprint density at radius 1 is 1.05 bits per heavy atom. The molecule has 4 aromatic rings. The zero-order valence-electron chi connectivity index (χ0n) is 21.4. The predicted octanol–water partition coefficient (Wildman–Crippen LogP) is 3.76. The Hall–Kier alpha value is -2.94. The highest BCUT2D eigenvalue weighted by molar-refractivity contribution is 7.91. The van der Waals surface area contributed by atoms with Crippen LogP contribution in [0.5, 0.6) is 0 Å². The van der Waals surface area contributed by atoms with Gasteiger partial charge in [-0.2, -0.15) is 8.42 Å². The molecule has 0 amide bonds. The normalized spacial score (nSPS) is 17.4. The summed E-state index contributed by atoms with van der Waals surface area (Å²) in [5.41, 5.74) is -0.269. The predicted molar refractivity (Wildman–Crippen MR) is 150 cm³/mol. The van der Waals surface area contributed by atoms with Gasteiger partial charge in [-0.1, -0.05) is 23.2 Å². The Morgan fingerprint density at radius 3 is 2.48 bits per heavy atom. The summed E-state index contributed by atoms with van der Waals surface area (Å²) in [5.74, 6) is 0.0522. The maximum atomic E-state index is 14.7. The zero-order chi connectivity index (χ0) is 28.6. The van der Waals surface area contributed by atoms with Crippen molar-refractivity contribution < 1.29 is 21.2 Å². The number of hydrogen-bond donors (Lipinski definition) is 0. The van der Waals surface area contributed by atoms with Crippen molar-refractivity contribution in [3.05, 3.63) is 59.0 Å². The third kappa shape index (κ3) is 4.23. The molecule has 11 nitrogen and oxygen atoms in total. The summed E-state index contributed by atoms with van der Waals surface area (Å²) >= 11 is 12.4. The number of nitrogens with zero attached hydrogens (tertiary/aromatic N) is 7. The highest BCUT2D eigenvalue weighted by Crippen LogP contribution is 2.49. The van der Waals surface area contributed by atoms with Crippen LogP contribution in [0.3, 0.4) is 0 Å². The molecule has 5 heterocycles. The topological polar surface area (TPSA) is 123 Å². The van der Waals surface area contributed by atoms with E-state index < -0.39 is 36.7 Å². The van der Waals surface area contributed by atoms with Crippen LogP contribution in [0.25, 0.3) is 10.9 Å². The van der Waals surface area contributed by atoms with Gasteiger partial charge in [-0.05, 0) is 38.8 Å². The highest BCUT2D eigenvalue weighted by atomic mass is 35.5. The van der Waals surface area contributed by atoms with Crippen molar-refractivity contribution in [1.82, 2.24) is 23.1 Å². The summed E-state index contributed by atoms with van der Waals surface area (Å²) in [7, 11) is -8.10. The number of aromatic nitrogens is 5. The van der Waals surface area contributed by atoms with Crippen molar-refractivity contribution in [2.75, 3.05) is 29.4 Å². The van der Waals surface area contributed by atoms with E-state index in [1.54, 1.807) is 0 Å². The fourth-order valence-corrected chi connectivity index (χ4v) is 7.76. The van der Waals surface area contributed by atoms with Crippen LogP contribution < -0.4 is 9.80 Å². The van der Waals surface area contributed by atoms with Gasteiger partial charge in [0, 0.05) is 44.4 Å². The second-order valence-corrected chi connectivity index (χ2v) is 15.2. The van der Waals surface area contributed by atoms with E-state index in [1.165, 1.54) is 50.8 Å². The Kier molecular flexibility index (Phi) is 6.33. The van der Waals surface area contributed by atoms with Gasteiger partial charge in [0.2, 0.25) is 10.0 Å². The van der Waals surface area contributed by atoms with Crippen molar-refractivity contribution >= 4 is 65.8 Å². The smallest absolute Gasteiger partial charge is 0.285 e. The highest BCUT2D eigenvalue weighted by Gasteiger charge is 2.53. The van der Waals surface area contributed by atoms with Crippen molar-refractivity contribution in [2.24, 2.45) is 0 Å². The van der Waals surface area contributed by atoms with Crippen LogP contribution in [0.1, 0.15) is 26.7 Å². The van der Waals surface area contributed by atoms with Crippen molar-refractivity contribution in [2.45, 2.75) is 42.4 Å². The first-order valence-electron chi connectivity index (χ1n) is 12.4. The molecule has 4 aromatic heterocycles. The van der Waals surface area contributed by atoms with Crippen molar-refractivity contribution in [1.29, 1.82) is 0 Å². The van der Waals surface area contributed by atoms with Crippen molar-refractivity contribution in [3.8, 4) is 0 Å². The Labute approximate surface area is 240 Å². The molecular formula is C24H24Cl2FN7O4S2. The Bertz CT molecular complexity index is 1870. The van der Waals surface area contributed by atoms with Crippen molar-refractivity contribution in [3.63, 3.8) is 0 Å². The van der Waals surface area contributed by atoms with E-state index in [1.807, 2.05) is 9.80 Å². The Morgan fingerprint density at radius 2 is 1.80 bits per heavy atom. The van der Waals surface area contributed by atoms with Gasteiger partial charge in [0.1, 0.15) is 10.4 Å². The molecule has 1 spiro atoms. The lowest BCUT2D eigenvalue weighted by atomic mass is 10.1. The number of rotatable bonds is 6. The number of halogens is 3. The molecule has 16 heteroatoms. The molecule has 1 aliphatic carbocycles. The third-order valence-corrected chi connectivity index (χ3v) is 11.4. The molecule has 0 atom stereocenters. The zero-order valence-corrected chi connectivity index (χ0v) is 24.5. The molecule has 0 bridgehead atoms. The molecule has 0 radical (unpaired) electrons. The van der Waals surface area contributed by atoms with Crippen LogP contribution in [0.15, 0.2) is 48.0 Å². The summed E-state index contributed by atoms with van der Waals surface area (Å²) in [6, 6.07) is 2.44. The van der Waals surface area contributed by atoms with Gasteiger partial charge in [0.05, 0.1) is 32.4 Å². The average molecular weight is 629 g/mol. The molecule has 2 aliphatic rings. The molecule has 1 aliphatic heterocycles. The Balaban J connectivity index is 1.41. The van der Waals surface area contributed by atoms with Gasteiger partial charge in [-0.25, -0.2) is 17.8 Å². The van der Waals surface area contributed by atoms with E-state index in [2.05, 4.69) is 15.1 Å². The molecule has 6 rings (SSSR count). The van der Waals surface area contributed by atoms with E-state index in [0.717, 1.165) is 27.1 Å². The van der Waals surface area contributed by atoms with Crippen LogP contribution >= 0.6 is 23.2 Å². The van der Waals surface area contributed by atoms with Gasteiger partial charge in [-0.3, -0.25) is 8.96 Å². The molecule has 2 fully saturated rings. The van der Waals surface area contributed by atoms with E-state index in [4.69, 9.17) is 23.2 Å². The molecule has 212 valence electrons. The number of fused-ring (bicyclic) bond motifs is 1. The lowest BCUT2D eigenvalue weighted by Gasteiger charge is -2.43. The molecule has 40 heavy (non-hydrogen) atoms. The molecule has 0 unspecified atom stereocenters. The van der Waals surface area contributed by atoms with Gasteiger partial charge >= 0.3 is 0 Å². The number of anilines is 2. The van der Waals surface area contributed by atoms with E-state index in [9.17, 15) is 21.2 Å². The second kappa shape index (κ2) is 9.29. The molecule has 1 saturated heterocycles. The summed E-state index contributed by atoms with van der Waals surface area (Å²) in [5, 5.41) is 4.62. The number of hydrogen-bond acceptors (Lipinski definition) is 9. The maximum absolute atomic E-state index is 14.7. The third-order valence-electron chi connectivity index (χ3n) is 7.37. The monoisotopic (exact) mass is 627 g/mol. The quantitative estimate of drug-likeness (QED) is 0.314. The summed E-state index contributed by atoms with van der Waals surface area (Å²) in [4.78, 5) is 11.9. The molecule has 0 N–H and O–H groups in total.